The molecule has 1 saturated heterocycles. The number of aromatic nitrogens is 4. The van der Waals surface area contributed by atoms with Crippen LogP contribution in [-0.2, 0) is 7.05 Å². The van der Waals surface area contributed by atoms with E-state index in [4.69, 9.17) is 5.10 Å². The van der Waals surface area contributed by atoms with Crippen molar-refractivity contribution in [2.45, 2.75) is 18.8 Å². The van der Waals surface area contributed by atoms with E-state index in [1.807, 2.05) is 34.8 Å². The lowest BCUT2D eigenvalue weighted by Crippen LogP contribution is -2.26. The van der Waals surface area contributed by atoms with Crippen molar-refractivity contribution in [1.29, 1.82) is 0 Å². The second-order valence-corrected chi connectivity index (χ2v) is 5.75. The first-order chi connectivity index (χ1) is 10.3. The third-order valence-corrected chi connectivity index (χ3v) is 4.31. The Morgan fingerprint density at radius 2 is 2.14 bits per heavy atom. The standard InChI is InChI=1S/C16H19N5/c1-20-11-13(10-18-20)15-9-16-14(3-2-8-21(16)19-15)12-4-6-17-7-5-12/h2-3,8-12,17H,4-7H2,1H3. The fourth-order valence-electron chi connectivity index (χ4n) is 3.21. The highest BCUT2D eigenvalue weighted by atomic mass is 15.3. The maximum Gasteiger partial charge on any atom is 0.0965 e. The van der Waals surface area contributed by atoms with E-state index in [1.54, 1.807) is 0 Å². The molecular formula is C16H19N5. The summed E-state index contributed by atoms with van der Waals surface area (Å²) in [7, 11) is 1.93. The Balaban J connectivity index is 1.80. The van der Waals surface area contributed by atoms with E-state index < -0.39 is 0 Å². The quantitative estimate of drug-likeness (QED) is 0.783. The van der Waals surface area contributed by atoms with Gasteiger partial charge in [-0.1, -0.05) is 6.07 Å². The Labute approximate surface area is 123 Å². The number of hydrogen-bond acceptors (Lipinski definition) is 3. The first-order valence-corrected chi connectivity index (χ1v) is 7.49. The molecule has 1 N–H and O–H groups in total. The summed E-state index contributed by atoms with van der Waals surface area (Å²) in [6.45, 7) is 2.21. The van der Waals surface area contributed by atoms with Crippen LogP contribution in [-0.4, -0.2) is 32.5 Å². The molecule has 3 aromatic rings. The molecule has 0 radical (unpaired) electrons. The highest BCUT2D eigenvalue weighted by Gasteiger charge is 2.19. The molecule has 1 aliphatic heterocycles. The van der Waals surface area contributed by atoms with Crippen molar-refractivity contribution in [3.63, 3.8) is 0 Å². The van der Waals surface area contributed by atoms with E-state index in [-0.39, 0.29) is 0 Å². The van der Waals surface area contributed by atoms with Gasteiger partial charge >= 0.3 is 0 Å². The topological polar surface area (TPSA) is 47.2 Å². The molecule has 5 nitrogen and oxygen atoms in total. The molecule has 3 aromatic heterocycles. The predicted octanol–water partition coefficient (Wildman–Crippen LogP) is 2.20. The molecule has 0 aromatic carbocycles. The Morgan fingerprint density at radius 1 is 1.29 bits per heavy atom. The van der Waals surface area contributed by atoms with Gasteiger partial charge in [-0.15, -0.1) is 0 Å². The van der Waals surface area contributed by atoms with Crippen LogP contribution < -0.4 is 5.32 Å². The second-order valence-electron chi connectivity index (χ2n) is 5.75. The van der Waals surface area contributed by atoms with Crippen molar-refractivity contribution in [3.05, 3.63) is 42.4 Å². The van der Waals surface area contributed by atoms with Gasteiger partial charge in [0.15, 0.2) is 0 Å². The monoisotopic (exact) mass is 281 g/mol. The van der Waals surface area contributed by atoms with Gasteiger partial charge in [0, 0.05) is 25.0 Å². The van der Waals surface area contributed by atoms with Gasteiger partial charge in [0.05, 0.1) is 17.4 Å². The number of nitrogens with zero attached hydrogens (tertiary/aromatic N) is 4. The molecule has 1 fully saturated rings. The third-order valence-electron chi connectivity index (χ3n) is 4.31. The summed E-state index contributed by atoms with van der Waals surface area (Å²) < 4.78 is 3.81. The van der Waals surface area contributed by atoms with E-state index in [1.165, 1.54) is 23.9 Å². The first-order valence-electron chi connectivity index (χ1n) is 7.49. The molecule has 0 saturated carbocycles. The van der Waals surface area contributed by atoms with E-state index in [9.17, 15) is 0 Å². The molecule has 0 amide bonds. The molecule has 0 aliphatic carbocycles. The number of piperidine rings is 1. The van der Waals surface area contributed by atoms with Gasteiger partial charge in [-0.05, 0) is 49.5 Å². The van der Waals surface area contributed by atoms with Crippen LogP contribution in [0.1, 0.15) is 24.3 Å². The van der Waals surface area contributed by atoms with Gasteiger partial charge < -0.3 is 5.32 Å². The fraction of sp³-hybridized carbons (Fsp3) is 0.375. The minimum Gasteiger partial charge on any atom is -0.317 e. The van der Waals surface area contributed by atoms with Crippen molar-refractivity contribution in [2.24, 2.45) is 7.05 Å². The number of rotatable bonds is 2. The lowest BCUT2D eigenvalue weighted by molar-refractivity contribution is 0.461. The van der Waals surface area contributed by atoms with Gasteiger partial charge in [0.2, 0.25) is 0 Å². The molecule has 4 rings (SSSR count). The zero-order chi connectivity index (χ0) is 14.2. The van der Waals surface area contributed by atoms with Crippen LogP contribution in [0.25, 0.3) is 16.8 Å². The summed E-state index contributed by atoms with van der Waals surface area (Å²) in [5.74, 6) is 0.633. The van der Waals surface area contributed by atoms with Crippen LogP contribution in [0.2, 0.25) is 0 Å². The molecule has 5 heteroatoms. The number of aryl methyl sites for hydroxylation is 1. The van der Waals surface area contributed by atoms with Crippen LogP contribution in [0, 0.1) is 0 Å². The van der Waals surface area contributed by atoms with E-state index in [0.29, 0.717) is 5.92 Å². The average Bonchev–Trinajstić information content (AvgIpc) is 3.13. The summed E-state index contributed by atoms with van der Waals surface area (Å²) in [4.78, 5) is 0. The van der Waals surface area contributed by atoms with Gasteiger partial charge in [-0.2, -0.15) is 10.2 Å². The van der Waals surface area contributed by atoms with E-state index >= 15 is 0 Å². The van der Waals surface area contributed by atoms with Crippen LogP contribution in [0.3, 0.4) is 0 Å². The van der Waals surface area contributed by atoms with Gasteiger partial charge in [0.25, 0.3) is 0 Å². The maximum atomic E-state index is 4.70. The molecule has 0 bridgehead atoms. The molecular weight excluding hydrogens is 262 g/mol. The normalized spacial score (nSPS) is 16.6. The Kier molecular flexibility index (Phi) is 3.00. The Bertz CT molecular complexity index is 764. The summed E-state index contributed by atoms with van der Waals surface area (Å²) in [5.41, 5.74) is 4.70. The summed E-state index contributed by atoms with van der Waals surface area (Å²) in [6.07, 6.45) is 8.30. The van der Waals surface area contributed by atoms with Crippen LogP contribution >= 0.6 is 0 Å². The Hall–Kier alpha value is -2.14. The van der Waals surface area contributed by atoms with Crippen LogP contribution in [0.15, 0.2) is 36.8 Å². The summed E-state index contributed by atoms with van der Waals surface area (Å²) in [5, 5.41) is 12.4. The lowest BCUT2D eigenvalue weighted by Gasteiger charge is -2.23. The fourth-order valence-corrected chi connectivity index (χ4v) is 3.21. The number of hydrogen-bond donors (Lipinski definition) is 1. The molecule has 0 unspecified atom stereocenters. The van der Waals surface area contributed by atoms with Crippen LogP contribution in [0.4, 0.5) is 0 Å². The van der Waals surface area contributed by atoms with Crippen molar-refractivity contribution in [2.75, 3.05) is 13.1 Å². The summed E-state index contributed by atoms with van der Waals surface area (Å²) in [6, 6.07) is 6.54. The van der Waals surface area contributed by atoms with E-state index in [0.717, 1.165) is 24.3 Å². The number of fused-ring (bicyclic) bond motifs is 1. The third kappa shape index (κ3) is 2.23. The van der Waals surface area contributed by atoms with Crippen LogP contribution in [0.5, 0.6) is 0 Å². The van der Waals surface area contributed by atoms with Crippen molar-refractivity contribution in [1.82, 2.24) is 24.7 Å². The van der Waals surface area contributed by atoms with Gasteiger partial charge in [-0.25, -0.2) is 4.52 Å². The average molecular weight is 281 g/mol. The lowest BCUT2D eigenvalue weighted by atomic mass is 9.90. The zero-order valence-electron chi connectivity index (χ0n) is 12.2. The molecule has 4 heterocycles. The highest BCUT2D eigenvalue weighted by molar-refractivity contribution is 5.68. The van der Waals surface area contributed by atoms with Crippen molar-refractivity contribution < 1.29 is 0 Å². The molecule has 1 aliphatic rings. The SMILES string of the molecule is Cn1cc(-c2cc3c(C4CCNCC4)cccn3n2)cn1. The maximum absolute atomic E-state index is 4.70. The number of nitrogens with one attached hydrogen (secondary N) is 1. The van der Waals surface area contributed by atoms with Gasteiger partial charge in [-0.3, -0.25) is 4.68 Å². The van der Waals surface area contributed by atoms with Crippen molar-refractivity contribution >= 4 is 5.52 Å². The minimum atomic E-state index is 0.633. The smallest absolute Gasteiger partial charge is 0.0965 e. The summed E-state index contributed by atoms with van der Waals surface area (Å²) >= 11 is 0. The zero-order valence-corrected chi connectivity index (χ0v) is 12.2. The number of pyridine rings is 1. The van der Waals surface area contributed by atoms with Gasteiger partial charge in [0.1, 0.15) is 0 Å². The first kappa shape index (κ1) is 12.6. The van der Waals surface area contributed by atoms with E-state index in [2.05, 4.69) is 28.6 Å². The second kappa shape index (κ2) is 5.00. The predicted molar refractivity (Wildman–Crippen MR) is 82.2 cm³/mol. The molecule has 0 atom stereocenters. The largest absolute Gasteiger partial charge is 0.317 e. The highest BCUT2D eigenvalue weighted by Crippen LogP contribution is 2.30. The van der Waals surface area contributed by atoms with Crippen molar-refractivity contribution in [3.8, 4) is 11.3 Å². The molecule has 108 valence electrons. The molecule has 21 heavy (non-hydrogen) atoms. The Morgan fingerprint density at radius 3 is 2.90 bits per heavy atom. The minimum absolute atomic E-state index is 0.633. The molecule has 0 spiro atoms.